The number of amides is 1. The Bertz CT molecular complexity index is 1010. The van der Waals surface area contributed by atoms with Gasteiger partial charge in [0.2, 0.25) is 0 Å². The van der Waals surface area contributed by atoms with Gasteiger partial charge in [0.15, 0.2) is 0 Å². The molecule has 1 aliphatic heterocycles. The van der Waals surface area contributed by atoms with E-state index in [9.17, 15) is 14.7 Å². The second kappa shape index (κ2) is 11.0. The first-order valence-corrected chi connectivity index (χ1v) is 11.3. The lowest BCUT2D eigenvalue weighted by Gasteiger charge is -2.26. The minimum absolute atomic E-state index is 0.0792. The summed E-state index contributed by atoms with van der Waals surface area (Å²) < 4.78 is 11.2. The van der Waals surface area contributed by atoms with Gasteiger partial charge in [-0.25, -0.2) is 0 Å². The van der Waals surface area contributed by atoms with Crippen LogP contribution in [0.1, 0.15) is 37.4 Å². The maximum atomic E-state index is 13.1. The standard InChI is InChI=1S/C26H32N2O5/c1-5-16-33-21-9-7-8-19(17-21)24(29)22-23(18-10-12-20(13-11-18)32-6-2)28(15-14-27(3)4)26(31)25(22)30/h7-13,17,23,29H,5-6,14-16H2,1-4H3/b24-22-. The maximum absolute atomic E-state index is 13.1. The fourth-order valence-corrected chi connectivity index (χ4v) is 3.79. The van der Waals surface area contributed by atoms with Gasteiger partial charge in [-0.3, -0.25) is 9.59 Å². The van der Waals surface area contributed by atoms with Crippen LogP contribution in [0.2, 0.25) is 0 Å². The van der Waals surface area contributed by atoms with Crippen molar-refractivity contribution in [1.82, 2.24) is 9.80 Å². The molecule has 2 aromatic rings. The van der Waals surface area contributed by atoms with Crippen molar-refractivity contribution in [3.63, 3.8) is 0 Å². The van der Waals surface area contributed by atoms with Crippen LogP contribution in [0.15, 0.2) is 54.1 Å². The zero-order valence-electron chi connectivity index (χ0n) is 19.7. The van der Waals surface area contributed by atoms with Crippen molar-refractivity contribution in [2.24, 2.45) is 0 Å². The van der Waals surface area contributed by atoms with Crippen LogP contribution >= 0.6 is 0 Å². The highest BCUT2D eigenvalue weighted by Gasteiger charge is 2.45. The van der Waals surface area contributed by atoms with E-state index in [1.165, 1.54) is 4.90 Å². The number of aliphatic hydroxyl groups is 1. The number of aliphatic hydroxyl groups excluding tert-OH is 1. The van der Waals surface area contributed by atoms with E-state index in [0.29, 0.717) is 43.4 Å². The largest absolute Gasteiger partial charge is 0.507 e. The van der Waals surface area contributed by atoms with Gasteiger partial charge < -0.3 is 24.4 Å². The van der Waals surface area contributed by atoms with E-state index in [1.54, 1.807) is 24.3 Å². The third kappa shape index (κ3) is 5.54. The molecule has 1 aliphatic rings. The van der Waals surface area contributed by atoms with Crippen molar-refractivity contribution in [3.8, 4) is 11.5 Å². The van der Waals surface area contributed by atoms with Gasteiger partial charge in [0.05, 0.1) is 24.8 Å². The molecule has 1 N–H and O–H groups in total. The van der Waals surface area contributed by atoms with E-state index in [2.05, 4.69) is 0 Å². The molecule has 0 aliphatic carbocycles. The highest BCUT2D eigenvalue weighted by Crippen LogP contribution is 2.40. The maximum Gasteiger partial charge on any atom is 0.295 e. The number of ketones is 1. The number of nitrogens with zero attached hydrogens (tertiary/aromatic N) is 2. The van der Waals surface area contributed by atoms with E-state index in [0.717, 1.165) is 12.0 Å². The molecule has 0 radical (unpaired) electrons. The van der Waals surface area contributed by atoms with Crippen LogP contribution < -0.4 is 9.47 Å². The van der Waals surface area contributed by atoms with Crippen molar-refractivity contribution < 1.29 is 24.2 Å². The van der Waals surface area contributed by atoms with Gasteiger partial charge in [0.25, 0.3) is 11.7 Å². The summed E-state index contributed by atoms with van der Waals surface area (Å²) in [5, 5.41) is 11.2. The van der Waals surface area contributed by atoms with Gasteiger partial charge in [-0.2, -0.15) is 0 Å². The number of hydrogen-bond acceptors (Lipinski definition) is 6. The van der Waals surface area contributed by atoms with Gasteiger partial charge in [-0.05, 0) is 57.3 Å². The third-order valence-corrected chi connectivity index (χ3v) is 5.42. The molecule has 176 valence electrons. The Balaban J connectivity index is 2.08. The molecule has 3 rings (SSSR count). The SMILES string of the molecule is CCCOc1cccc(/C(O)=C2/C(=O)C(=O)N(CCN(C)C)C2c2ccc(OCC)cc2)c1. The fraction of sp³-hybridized carbons (Fsp3) is 0.385. The molecule has 1 saturated heterocycles. The van der Waals surface area contributed by atoms with E-state index in [4.69, 9.17) is 9.47 Å². The van der Waals surface area contributed by atoms with Gasteiger partial charge in [-0.1, -0.05) is 31.2 Å². The number of carbonyl (C=O) groups is 2. The molecule has 0 spiro atoms. The quantitative estimate of drug-likeness (QED) is 0.335. The van der Waals surface area contributed by atoms with Crippen molar-refractivity contribution in [2.45, 2.75) is 26.3 Å². The first-order valence-electron chi connectivity index (χ1n) is 11.3. The minimum Gasteiger partial charge on any atom is -0.507 e. The molecule has 0 bridgehead atoms. The molecular weight excluding hydrogens is 420 g/mol. The van der Waals surface area contributed by atoms with Crippen LogP contribution in [-0.4, -0.2) is 67.0 Å². The summed E-state index contributed by atoms with van der Waals surface area (Å²) >= 11 is 0. The van der Waals surface area contributed by atoms with E-state index in [-0.39, 0.29) is 11.3 Å². The number of hydrogen-bond donors (Lipinski definition) is 1. The summed E-state index contributed by atoms with van der Waals surface area (Å²) in [6.07, 6.45) is 0.852. The average Bonchev–Trinajstić information content (AvgIpc) is 3.06. The van der Waals surface area contributed by atoms with Crippen molar-refractivity contribution in [2.75, 3.05) is 40.4 Å². The molecule has 7 nitrogen and oxygen atoms in total. The van der Waals surface area contributed by atoms with Crippen LogP contribution in [0, 0.1) is 0 Å². The zero-order valence-corrected chi connectivity index (χ0v) is 19.7. The topological polar surface area (TPSA) is 79.3 Å². The molecule has 7 heteroatoms. The lowest BCUT2D eigenvalue weighted by atomic mass is 9.95. The first-order chi connectivity index (χ1) is 15.9. The number of benzene rings is 2. The summed E-state index contributed by atoms with van der Waals surface area (Å²) in [6.45, 7) is 5.94. The molecule has 1 atom stereocenters. The number of carbonyl (C=O) groups excluding carboxylic acids is 2. The molecule has 33 heavy (non-hydrogen) atoms. The van der Waals surface area contributed by atoms with Crippen LogP contribution in [-0.2, 0) is 9.59 Å². The average molecular weight is 453 g/mol. The lowest BCUT2D eigenvalue weighted by molar-refractivity contribution is -0.140. The Morgan fingerprint density at radius 3 is 2.39 bits per heavy atom. The highest BCUT2D eigenvalue weighted by atomic mass is 16.5. The second-order valence-corrected chi connectivity index (χ2v) is 8.17. The van der Waals surface area contributed by atoms with Crippen LogP contribution in [0.3, 0.4) is 0 Å². The van der Waals surface area contributed by atoms with E-state index >= 15 is 0 Å². The molecule has 1 amide bonds. The highest BCUT2D eigenvalue weighted by molar-refractivity contribution is 6.46. The fourth-order valence-electron chi connectivity index (χ4n) is 3.79. The van der Waals surface area contributed by atoms with Gasteiger partial charge in [0.1, 0.15) is 17.3 Å². The predicted molar refractivity (Wildman–Crippen MR) is 127 cm³/mol. The predicted octanol–water partition coefficient (Wildman–Crippen LogP) is 3.86. The summed E-state index contributed by atoms with van der Waals surface area (Å²) in [5.74, 6) is -0.213. The summed E-state index contributed by atoms with van der Waals surface area (Å²) in [6, 6.07) is 13.5. The normalized spacial score (nSPS) is 17.6. The summed E-state index contributed by atoms with van der Waals surface area (Å²) in [7, 11) is 3.81. The number of Topliss-reactive ketones (excluding diaryl/α,β-unsaturated/α-hetero) is 1. The Kier molecular flexibility index (Phi) is 8.11. The van der Waals surface area contributed by atoms with E-state index in [1.807, 2.05) is 57.1 Å². The lowest BCUT2D eigenvalue weighted by Crippen LogP contribution is -2.35. The Labute approximate surface area is 195 Å². The third-order valence-electron chi connectivity index (χ3n) is 5.42. The van der Waals surface area contributed by atoms with Crippen molar-refractivity contribution in [3.05, 3.63) is 65.2 Å². The van der Waals surface area contributed by atoms with Crippen molar-refractivity contribution in [1.29, 1.82) is 0 Å². The molecular formula is C26H32N2O5. The van der Waals surface area contributed by atoms with Crippen LogP contribution in [0.5, 0.6) is 11.5 Å². The zero-order chi connectivity index (χ0) is 24.0. The van der Waals surface area contributed by atoms with Crippen molar-refractivity contribution >= 4 is 17.4 Å². The van der Waals surface area contributed by atoms with Gasteiger partial charge in [-0.15, -0.1) is 0 Å². The molecule has 1 fully saturated rings. The Morgan fingerprint density at radius 2 is 1.76 bits per heavy atom. The Morgan fingerprint density at radius 1 is 1.03 bits per heavy atom. The van der Waals surface area contributed by atoms with Crippen LogP contribution in [0.25, 0.3) is 5.76 Å². The molecule has 2 aromatic carbocycles. The summed E-state index contributed by atoms with van der Waals surface area (Å²) in [4.78, 5) is 29.6. The molecule has 1 unspecified atom stereocenters. The number of rotatable bonds is 10. The van der Waals surface area contributed by atoms with E-state index < -0.39 is 17.7 Å². The first kappa shape index (κ1) is 24.3. The monoisotopic (exact) mass is 452 g/mol. The molecule has 0 aromatic heterocycles. The number of likely N-dealkylation sites (tertiary alicyclic amines) is 1. The smallest absolute Gasteiger partial charge is 0.295 e. The Hall–Kier alpha value is -3.32. The van der Waals surface area contributed by atoms with Gasteiger partial charge >= 0.3 is 0 Å². The number of ether oxygens (including phenoxy) is 2. The molecule has 0 saturated carbocycles. The summed E-state index contributed by atoms with van der Waals surface area (Å²) in [5.41, 5.74) is 1.25. The van der Waals surface area contributed by atoms with Gasteiger partial charge in [0, 0.05) is 18.7 Å². The van der Waals surface area contributed by atoms with Crippen LogP contribution in [0.4, 0.5) is 0 Å². The molecule has 1 heterocycles. The second-order valence-electron chi connectivity index (χ2n) is 8.17. The number of likely N-dealkylation sites (N-methyl/N-ethyl adjacent to an activating group) is 1. The minimum atomic E-state index is -0.694.